The van der Waals surface area contributed by atoms with Crippen LogP contribution in [0.4, 0.5) is 4.79 Å². The van der Waals surface area contributed by atoms with Crippen molar-refractivity contribution in [2.45, 2.75) is 46.9 Å². The van der Waals surface area contributed by atoms with Crippen molar-refractivity contribution in [3.05, 3.63) is 0 Å². The number of alkyl halides is 4. The number of carbonyl (C=O) groups excluding carboxylic acids is 2. The smallest absolute Gasteiger partial charge is 0.410 e. The summed E-state index contributed by atoms with van der Waals surface area (Å²) in [6, 6.07) is -0.372. The molecule has 2 heterocycles. The Morgan fingerprint density at radius 3 is 2.40 bits per heavy atom. The molecular weight excluding hydrogens is 348 g/mol. The summed E-state index contributed by atoms with van der Waals surface area (Å²) in [4.78, 5) is 25.8. The molecule has 4 atom stereocenters. The number of hydrogen-bond acceptors (Lipinski definition) is 3. The third-order valence-corrected chi connectivity index (χ3v) is 4.97. The molecule has 0 radical (unpaired) electrons. The van der Waals surface area contributed by atoms with Crippen LogP contribution in [0, 0.1) is 5.92 Å². The van der Waals surface area contributed by atoms with Crippen LogP contribution < -0.4 is 0 Å². The number of fused-ring (bicyclic) bond motifs is 2. The van der Waals surface area contributed by atoms with E-state index in [1.165, 1.54) is 7.11 Å². The maximum atomic E-state index is 12.3. The van der Waals surface area contributed by atoms with Gasteiger partial charge < -0.3 is 9.64 Å². The van der Waals surface area contributed by atoms with E-state index in [2.05, 4.69) is 0 Å². The topological polar surface area (TPSA) is 46.6 Å². The van der Waals surface area contributed by atoms with Gasteiger partial charge in [-0.1, -0.05) is 34.8 Å². The molecule has 1 amide bonds. The Hall–Kier alpha value is 0.1000. The van der Waals surface area contributed by atoms with Crippen LogP contribution in [0.1, 0.15) is 25.7 Å². The first-order valence-corrected chi connectivity index (χ1v) is 7.94. The van der Waals surface area contributed by atoms with Crippen molar-refractivity contribution < 1.29 is 14.3 Å². The zero-order valence-corrected chi connectivity index (χ0v) is 13.8. The molecule has 2 saturated heterocycles. The van der Waals surface area contributed by atoms with E-state index in [1.54, 1.807) is 4.90 Å². The Labute approximate surface area is 137 Å². The predicted molar refractivity (Wildman–Crippen MR) is 78.7 cm³/mol. The summed E-state index contributed by atoms with van der Waals surface area (Å²) < 4.78 is 2.83. The van der Waals surface area contributed by atoms with Gasteiger partial charge in [0.05, 0.1) is 7.11 Å². The maximum absolute atomic E-state index is 12.3. The average Bonchev–Trinajstić information content (AvgIpc) is 2.35. The van der Waals surface area contributed by atoms with Gasteiger partial charge in [0.25, 0.3) is 0 Å². The summed E-state index contributed by atoms with van der Waals surface area (Å²) in [5, 5.41) is -0.0862. The van der Waals surface area contributed by atoms with Gasteiger partial charge in [-0.25, -0.2) is 4.79 Å². The number of Topliss-reactive ketones (excluding diaryl/α,β-unsaturated/α-hetero) is 1. The minimum absolute atomic E-state index is 0.0110. The highest BCUT2D eigenvalue weighted by Crippen LogP contribution is 2.43. The van der Waals surface area contributed by atoms with Crippen LogP contribution in [0.25, 0.3) is 0 Å². The molecular formula is C12H15Cl4NO3. The Balaban J connectivity index is 2.28. The Morgan fingerprint density at radius 2 is 1.85 bits per heavy atom. The SMILES string of the molecule is COC(=O)N1[C@H]2CC[C@H](C(=O)C(Cl)(Cl)Cl)[C@@H]1C[C@@H](Cl)C2. The van der Waals surface area contributed by atoms with Crippen molar-refractivity contribution in [3.63, 3.8) is 0 Å². The van der Waals surface area contributed by atoms with Gasteiger partial charge in [-0.05, 0) is 25.7 Å². The normalized spacial score (nSPS) is 33.8. The molecule has 2 aliphatic rings. The van der Waals surface area contributed by atoms with E-state index in [0.717, 1.165) is 0 Å². The largest absolute Gasteiger partial charge is 0.453 e. The van der Waals surface area contributed by atoms with Gasteiger partial charge in [-0.3, -0.25) is 4.79 Å². The number of amides is 1. The van der Waals surface area contributed by atoms with Crippen molar-refractivity contribution in [1.82, 2.24) is 4.90 Å². The summed E-state index contributed by atoms with van der Waals surface area (Å²) in [5.41, 5.74) is 0. The summed E-state index contributed by atoms with van der Waals surface area (Å²) in [5.74, 6) is -0.995. The molecule has 8 heteroatoms. The van der Waals surface area contributed by atoms with E-state index >= 15 is 0 Å². The zero-order valence-electron chi connectivity index (χ0n) is 10.8. The molecule has 0 unspecified atom stereocenters. The maximum Gasteiger partial charge on any atom is 0.410 e. The van der Waals surface area contributed by atoms with E-state index < -0.39 is 21.6 Å². The summed E-state index contributed by atoms with van der Waals surface area (Å²) in [7, 11) is 1.32. The molecule has 0 aromatic heterocycles. The van der Waals surface area contributed by atoms with Gasteiger partial charge in [0.15, 0.2) is 5.78 Å². The van der Waals surface area contributed by atoms with Gasteiger partial charge in [-0.2, -0.15) is 0 Å². The second-order valence-corrected chi connectivity index (χ2v) is 8.11. The molecule has 114 valence electrons. The Bertz CT molecular complexity index is 412. The number of rotatable bonds is 1. The van der Waals surface area contributed by atoms with Crippen LogP contribution in [0.5, 0.6) is 0 Å². The van der Waals surface area contributed by atoms with Crippen molar-refractivity contribution in [2.75, 3.05) is 7.11 Å². The van der Waals surface area contributed by atoms with E-state index in [-0.39, 0.29) is 17.5 Å². The van der Waals surface area contributed by atoms with Crippen LogP contribution in [-0.2, 0) is 9.53 Å². The fourth-order valence-electron chi connectivity index (χ4n) is 3.24. The first-order chi connectivity index (χ1) is 9.25. The summed E-state index contributed by atoms with van der Waals surface area (Å²) in [6.45, 7) is 0. The van der Waals surface area contributed by atoms with Gasteiger partial charge >= 0.3 is 6.09 Å². The number of nitrogens with zero attached hydrogens (tertiary/aromatic N) is 1. The molecule has 20 heavy (non-hydrogen) atoms. The molecule has 0 saturated carbocycles. The fraction of sp³-hybridized carbons (Fsp3) is 0.833. The molecule has 0 aliphatic carbocycles. The lowest BCUT2D eigenvalue weighted by molar-refractivity contribution is -0.127. The summed E-state index contributed by atoms with van der Waals surface area (Å²) in [6.07, 6.45) is 2.00. The molecule has 0 aromatic carbocycles. The third-order valence-electron chi connectivity index (χ3n) is 4.05. The van der Waals surface area contributed by atoms with Crippen LogP contribution in [-0.4, -0.2) is 45.1 Å². The minimum atomic E-state index is -1.97. The molecule has 2 aliphatic heterocycles. The lowest BCUT2D eigenvalue weighted by Gasteiger charge is -2.50. The fourth-order valence-corrected chi connectivity index (χ4v) is 4.05. The molecule has 0 N–H and O–H groups in total. The quantitative estimate of drug-likeness (QED) is 0.670. The van der Waals surface area contributed by atoms with E-state index in [4.69, 9.17) is 51.1 Å². The van der Waals surface area contributed by atoms with Crippen LogP contribution in [0.15, 0.2) is 0 Å². The second kappa shape index (κ2) is 6.07. The first-order valence-electron chi connectivity index (χ1n) is 6.37. The predicted octanol–water partition coefficient (Wildman–Crippen LogP) is 3.54. The highest BCUT2D eigenvalue weighted by Gasteiger charge is 2.51. The molecule has 0 spiro atoms. The third kappa shape index (κ3) is 3.13. The monoisotopic (exact) mass is 361 g/mol. The average molecular weight is 363 g/mol. The number of ether oxygens (including phenoxy) is 1. The number of piperidine rings is 2. The van der Waals surface area contributed by atoms with E-state index in [0.29, 0.717) is 25.7 Å². The minimum Gasteiger partial charge on any atom is -0.453 e. The highest BCUT2D eigenvalue weighted by atomic mass is 35.6. The molecule has 2 fully saturated rings. The van der Waals surface area contributed by atoms with Crippen molar-refractivity contribution >= 4 is 58.3 Å². The van der Waals surface area contributed by atoms with Gasteiger partial charge in [0.1, 0.15) is 0 Å². The first kappa shape index (κ1) is 16.5. The molecule has 0 aromatic rings. The lowest BCUT2D eigenvalue weighted by atomic mass is 9.76. The van der Waals surface area contributed by atoms with Crippen LogP contribution >= 0.6 is 46.4 Å². The number of halogens is 4. The van der Waals surface area contributed by atoms with Crippen molar-refractivity contribution in [2.24, 2.45) is 5.92 Å². The Morgan fingerprint density at radius 1 is 1.20 bits per heavy atom. The number of ketones is 1. The van der Waals surface area contributed by atoms with Crippen LogP contribution in [0.3, 0.4) is 0 Å². The van der Waals surface area contributed by atoms with E-state index in [1.807, 2.05) is 0 Å². The molecule has 2 rings (SSSR count). The van der Waals surface area contributed by atoms with Crippen molar-refractivity contribution in [1.29, 1.82) is 0 Å². The number of carbonyl (C=O) groups is 2. The van der Waals surface area contributed by atoms with Gasteiger partial charge in [-0.15, -0.1) is 11.6 Å². The molecule has 2 bridgehead atoms. The second-order valence-electron chi connectivity index (χ2n) is 5.21. The van der Waals surface area contributed by atoms with Crippen LogP contribution in [0.2, 0.25) is 0 Å². The zero-order chi connectivity index (χ0) is 15.1. The number of hydrogen-bond donors (Lipinski definition) is 0. The lowest BCUT2D eigenvalue weighted by Crippen LogP contribution is -2.60. The molecule has 4 nitrogen and oxygen atoms in total. The summed E-state index contributed by atoms with van der Waals surface area (Å²) >= 11 is 23.3. The number of methoxy groups -OCH3 is 1. The van der Waals surface area contributed by atoms with Gasteiger partial charge in [0, 0.05) is 23.4 Å². The van der Waals surface area contributed by atoms with Gasteiger partial charge in [0.2, 0.25) is 3.79 Å². The Kier molecular flexibility index (Phi) is 5.00. The van der Waals surface area contributed by atoms with E-state index in [9.17, 15) is 9.59 Å². The van der Waals surface area contributed by atoms with Crippen molar-refractivity contribution in [3.8, 4) is 0 Å². The highest BCUT2D eigenvalue weighted by molar-refractivity contribution is 6.76. The standard InChI is InChI=1S/C12H15Cl4NO3/c1-20-11(19)17-7-2-3-8(10(18)12(14,15)16)9(17)5-6(13)4-7/h6-9H,2-5H2,1H3/t6-,7-,8-,9-/m0/s1.